The maximum absolute atomic E-state index is 5.60. The molecule has 0 aromatic heterocycles. The van der Waals surface area contributed by atoms with E-state index in [4.69, 9.17) is 10.6 Å². The minimum absolute atomic E-state index is 0. The van der Waals surface area contributed by atoms with Crippen LogP contribution in [0.2, 0.25) is 0 Å². The first-order chi connectivity index (χ1) is 19.8. The molecule has 5 saturated heterocycles. The fourth-order valence-electron chi connectivity index (χ4n) is 11.7. The summed E-state index contributed by atoms with van der Waals surface area (Å²) in [6.07, 6.45) is 24.5. The van der Waals surface area contributed by atoms with Crippen molar-refractivity contribution in [1.82, 2.24) is 31.9 Å². The Morgan fingerprint density at radius 1 is 0.293 bits per heavy atom. The summed E-state index contributed by atoms with van der Waals surface area (Å²) in [5, 5.41) is 36.3. The van der Waals surface area contributed by atoms with Crippen LogP contribution in [0.15, 0.2) is 0 Å². The molecule has 224 valence electrons. The molecular formula is C32H54N8Zn. The van der Waals surface area contributed by atoms with Gasteiger partial charge in [0.25, 0.3) is 0 Å². The molecule has 9 rings (SSSR count). The summed E-state index contributed by atoms with van der Waals surface area (Å²) < 4.78 is 0. The molecule has 16 atom stereocenters. The Balaban J connectivity index is 0.00000256. The molecular weight excluding hydrogens is 562 g/mol. The average Bonchev–Trinajstić information content (AvgIpc) is 3.73. The van der Waals surface area contributed by atoms with Gasteiger partial charge >= 0.3 is 19.5 Å². The van der Waals surface area contributed by atoms with Crippen molar-refractivity contribution in [2.45, 2.75) is 152 Å². The van der Waals surface area contributed by atoms with Crippen molar-refractivity contribution in [3.63, 3.8) is 0 Å². The van der Waals surface area contributed by atoms with Crippen LogP contribution in [0.1, 0.15) is 103 Å². The van der Waals surface area contributed by atoms with Crippen molar-refractivity contribution in [3.05, 3.63) is 10.6 Å². The monoisotopic (exact) mass is 614 g/mol. The summed E-state index contributed by atoms with van der Waals surface area (Å²) in [5.74, 6) is 5.59. The van der Waals surface area contributed by atoms with E-state index in [1.54, 1.807) is 0 Å². The Kier molecular flexibility index (Phi) is 8.35. The van der Waals surface area contributed by atoms with E-state index in [0.29, 0.717) is 48.3 Å². The van der Waals surface area contributed by atoms with Gasteiger partial charge in [-0.05, 0) is 73.0 Å². The Hall–Kier alpha value is 0.303. The molecule has 4 aliphatic carbocycles. The summed E-state index contributed by atoms with van der Waals surface area (Å²) in [5.41, 5.74) is 0. The van der Waals surface area contributed by atoms with Crippen LogP contribution in [-0.4, -0.2) is 49.3 Å². The molecule has 0 aromatic rings. The van der Waals surface area contributed by atoms with Gasteiger partial charge in [0.1, 0.15) is 0 Å². The predicted octanol–water partition coefficient (Wildman–Crippen LogP) is 4.17. The maximum Gasteiger partial charge on any atom is 2.00 e. The van der Waals surface area contributed by atoms with E-state index in [1.165, 1.54) is 103 Å². The fourth-order valence-corrected chi connectivity index (χ4v) is 11.7. The first kappa shape index (κ1) is 28.8. The second kappa shape index (κ2) is 11.9. The van der Waals surface area contributed by atoms with Crippen LogP contribution < -0.4 is 31.9 Å². The summed E-state index contributed by atoms with van der Waals surface area (Å²) >= 11 is 0. The second-order valence-electron chi connectivity index (χ2n) is 15.4. The van der Waals surface area contributed by atoms with Gasteiger partial charge < -0.3 is 26.6 Å². The molecule has 4 saturated carbocycles. The Labute approximate surface area is 260 Å². The zero-order valence-electron chi connectivity index (χ0n) is 25.2. The zero-order valence-corrected chi connectivity index (χ0v) is 28.1. The first-order valence-corrected chi connectivity index (χ1v) is 17.8. The Morgan fingerprint density at radius 2 is 0.537 bits per heavy atom. The topological polar surface area (TPSA) is 100 Å². The van der Waals surface area contributed by atoms with Crippen LogP contribution in [0.3, 0.4) is 0 Å². The number of nitrogens with one attached hydrogen (secondary N) is 6. The standard InChI is InChI=1S/C32H54N8.Zn/c1-2-10-18-17(9-1)25-33-26(18)38-28-21-13-5-6-14-22(21)30(35-28)40-32-24-16-8-7-15-23(24)31(36-32)39-29-20-12-4-3-11-19(20)27(34-29)37-25;/h17-34,37-40H,1-16H2;/q-2;+2. The molecule has 8 nitrogen and oxygen atoms in total. The quantitative estimate of drug-likeness (QED) is 0.229. The average molecular weight is 616 g/mol. The first-order valence-electron chi connectivity index (χ1n) is 17.8. The summed E-state index contributed by atoms with van der Waals surface area (Å²) in [4.78, 5) is 0. The van der Waals surface area contributed by atoms with Crippen LogP contribution in [0.25, 0.3) is 10.6 Å². The van der Waals surface area contributed by atoms with Crippen molar-refractivity contribution in [2.75, 3.05) is 0 Å². The molecule has 8 bridgehead atoms. The van der Waals surface area contributed by atoms with Crippen molar-refractivity contribution in [1.29, 1.82) is 0 Å². The van der Waals surface area contributed by atoms with Crippen molar-refractivity contribution in [2.24, 2.45) is 47.3 Å². The molecule has 0 amide bonds. The Morgan fingerprint density at radius 3 is 0.854 bits per heavy atom. The van der Waals surface area contributed by atoms with E-state index >= 15 is 0 Å². The van der Waals surface area contributed by atoms with Gasteiger partial charge in [-0.1, -0.05) is 102 Å². The van der Waals surface area contributed by atoms with Crippen LogP contribution in [0, 0.1) is 47.3 Å². The second-order valence-corrected chi connectivity index (χ2v) is 15.4. The third kappa shape index (κ3) is 5.04. The van der Waals surface area contributed by atoms with Crippen LogP contribution in [0.4, 0.5) is 0 Å². The predicted molar refractivity (Wildman–Crippen MR) is 158 cm³/mol. The molecule has 9 heteroatoms. The number of hydrogen-bond donors (Lipinski definition) is 6. The van der Waals surface area contributed by atoms with Gasteiger partial charge in [-0.15, -0.1) is 0 Å². The van der Waals surface area contributed by atoms with E-state index in [-0.39, 0.29) is 44.1 Å². The molecule has 0 radical (unpaired) electrons. The molecule has 0 spiro atoms. The molecule has 41 heavy (non-hydrogen) atoms. The number of nitrogens with zero attached hydrogens (tertiary/aromatic N) is 2. The van der Waals surface area contributed by atoms with E-state index in [1.807, 2.05) is 0 Å². The van der Waals surface area contributed by atoms with Gasteiger partial charge in [0.2, 0.25) is 0 Å². The largest absolute Gasteiger partial charge is 2.00 e. The Bertz CT molecular complexity index is 716. The third-order valence-corrected chi connectivity index (χ3v) is 13.6. The molecule has 9 fully saturated rings. The molecule has 9 aliphatic rings. The van der Waals surface area contributed by atoms with Crippen molar-refractivity contribution < 1.29 is 19.5 Å². The van der Waals surface area contributed by atoms with Crippen molar-refractivity contribution in [3.8, 4) is 0 Å². The van der Waals surface area contributed by atoms with E-state index in [0.717, 1.165) is 23.7 Å². The minimum atomic E-state index is 0. The van der Waals surface area contributed by atoms with E-state index < -0.39 is 0 Å². The molecule has 5 heterocycles. The number of hydrogen-bond acceptors (Lipinski definition) is 6. The molecule has 6 N–H and O–H groups in total. The fraction of sp³-hybridized carbons (Fsp3) is 1.00. The van der Waals surface area contributed by atoms with Gasteiger partial charge in [-0.25, -0.2) is 0 Å². The summed E-state index contributed by atoms with van der Waals surface area (Å²) in [6, 6.07) is 0. The maximum atomic E-state index is 5.60. The van der Waals surface area contributed by atoms with Crippen molar-refractivity contribution >= 4 is 0 Å². The van der Waals surface area contributed by atoms with Gasteiger partial charge in [0.15, 0.2) is 0 Å². The number of fused-ring (bicyclic) bond motifs is 20. The van der Waals surface area contributed by atoms with Gasteiger partial charge in [0, 0.05) is 0 Å². The molecule has 0 aromatic carbocycles. The number of rotatable bonds is 0. The smallest absolute Gasteiger partial charge is 0.632 e. The van der Waals surface area contributed by atoms with Gasteiger partial charge in [-0.3, -0.25) is 16.0 Å². The van der Waals surface area contributed by atoms with Gasteiger partial charge in [0.05, 0.1) is 24.7 Å². The van der Waals surface area contributed by atoms with E-state index in [2.05, 4.69) is 31.9 Å². The van der Waals surface area contributed by atoms with Gasteiger partial charge in [-0.2, -0.15) is 0 Å². The van der Waals surface area contributed by atoms with Crippen LogP contribution in [0.5, 0.6) is 0 Å². The normalized spacial score (nSPS) is 56.2. The SMILES string of the molecule is C1CCC2C3[N-]C(NC4[N-]C(NC5NC(NC6NC(N3)C3CCCCC63)C3CCCCC53)C3CCCCC43)C2C1.[Zn+2]. The van der Waals surface area contributed by atoms with Crippen LogP contribution >= 0.6 is 0 Å². The zero-order chi connectivity index (χ0) is 26.2. The summed E-state index contributed by atoms with van der Waals surface area (Å²) in [6.45, 7) is 0. The molecule has 5 aliphatic heterocycles. The van der Waals surface area contributed by atoms with E-state index in [9.17, 15) is 0 Å². The molecule has 16 unspecified atom stereocenters. The van der Waals surface area contributed by atoms with Crippen LogP contribution in [-0.2, 0) is 19.5 Å². The third-order valence-electron chi connectivity index (χ3n) is 13.6. The summed E-state index contributed by atoms with van der Waals surface area (Å²) in [7, 11) is 0. The minimum Gasteiger partial charge on any atom is -0.632 e.